The molecule has 1 N–H and O–H groups in total. The highest BCUT2D eigenvalue weighted by Gasteiger charge is 2.42. The van der Waals surface area contributed by atoms with Crippen molar-refractivity contribution in [2.45, 2.75) is 18.7 Å². The van der Waals surface area contributed by atoms with Crippen molar-refractivity contribution in [1.82, 2.24) is 5.01 Å². The predicted molar refractivity (Wildman–Crippen MR) is 115 cm³/mol. The van der Waals surface area contributed by atoms with Crippen LogP contribution in [0.1, 0.15) is 35.4 Å². The molecule has 2 unspecified atom stereocenters. The molecule has 0 fully saturated rings. The number of aromatic hydroxyl groups is 1. The minimum absolute atomic E-state index is 0.0415. The number of phenols is 1. The smallest absolute Gasteiger partial charge is 0.217 e. The fraction of sp³-hybridized carbons (Fsp3) is 0.136. The summed E-state index contributed by atoms with van der Waals surface area (Å²) in [5.41, 5.74) is 3.90. The van der Waals surface area contributed by atoms with Crippen LogP contribution in [0.5, 0.6) is 11.5 Å². The third-order valence-corrected chi connectivity index (χ3v) is 6.10. The molecule has 2 aliphatic heterocycles. The van der Waals surface area contributed by atoms with Gasteiger partial charge < -0.3 is 9.84 Å². The van der Waals surface area contributed by atoms with Gasteiger partial charge in [0.05, 0.1) is 17.3 Å². The molecule has 0 aliphatic carbocycles. The highest BCUT2D eigenvalue weighted by Crippen LogP contribution is 2.49. The zero-order valence-electron chi connectivity index (χ0n) is 14.7. The van der Waals surface area contributed by atoms with Gasteiger partial charge in [-0.25, -0.2) is 5.01 Å². The fourth-order valence-corrected chi connectivity index (χ4v) is 4.55. The maximum absolute atomic E-state index is 10.5. The van der Waals surface area contributed by atoms with E-state index in [1.54, 1.807) is 6.07 Å². The summed E-state index contributed by atoms with van der Waals surface area (Å²) in [6.07, 6.45) is 0.277. The largest absolute Gasteiger partial charge is 0.507 e. The molecule has 0 amide bonds. The van der Waals surface area contributed by atoms with E-state index in [9.17, 15) is 5.11 Å². The molecule has 28 heavy (non-hydrogen) atoms. The summed E-state index contributed by atoms with van der Waals surface area (Å²) in [4.78, 5) is 0. The van der Waals surface area contributed by atoms with Crippen LogP contribution in [-0.4, -0.2) is 15.8 Å². The average Bonchev–Trinajstić information content (AvgIpc) is 3.16. The van der Waals surface area contributed by atoms with Crippen molar-refractivity contribution in [2.24, 2.45) is 5.10 Å². The zero-order chi connectivity index (χ0) is 19.3. The van der Waals surface area contributed by atoms with Crippen LogP contribution in [0.25, 0.3) is 0 Å². The summed E-state index contributed by atoms with van der Waals surface area (Å²) in [7, 11) is 0. The zero-order valence-corrected chi connectivity index (χ0v) is 17.9. The molecular formula is C22H16Br2N2O2. The van der Waals surface area contributed by atoms with Gasteiger partial charge in [-0.2, -0.15) is 5.10 Å². The Morgan fingerprint density at radius 1 is 0.929 bits per heavy atom. The molecule has 4 nitrogen and oxygen atoms in total. The second kappa shape index (κ2) is 6.94. The monoisotopic (exact) mass is 498 g/mol. The number of benzene rings is 3. The second-order valence-electron chi connectivity index (χ2n) is 6.87. The minimum Gasteiger partial charge on any atom is -0.507 e. The summed E-state index contributed by atoms with van der Waals surface area (Å²) in [5.74, 6) is 1.01. The van der Waals surface area contributed by atoms with Crippen LogP contribution in [0.2, 0.25) is 0 Å². The van der Waals surface area contributed by atoms with E-state index >= 15 is 0 Å². The molecule has 6 heteroatoms. The Hall–Kier alpha value is -2.31. The van der Waals surface area contributed by atoms with Crippen molar-refractivity contribution in [2.75, 3.05) is 0 Å². The number of nitrogens with zero attached hydrogens (tertiary/aromatic N) is 2. The van der Waals surface area contributed by atoms with E-state index in [0.29, 0.717) is 5.56 Å². The van der Waals surface area contributed by atoms with Crippen molar-refractivity contribution in [3.8, 4) is 11.5 Å². The standard InChI is InChI=1S/C22H16Br2N2O2/c23-14-6-8-20(27)17(11-14)22-26-19(16-10-15(24)7-9-21(16)28-22)12-18(25-26)13-4-2-1-3-5-13/h1-11,19,22,27H,12H2. The SMILES string of the molecule is Oc1ccc(Br)cc1C1Oc2ccc(Br)cc2C2CC(c3ccccc3)=NN21. The van der Waals surface area contributed by atoms with Gasteiger partial charge in [-0.15, -0.1) is 0 Å². The topological polar surface area (TPSA) is 45.1 Å². The summed E-state index contributed by atoms with van der Waals surface area (Å²) in [6, 6.07) is 21.6. The molecule has 0 radical (unpaired) electrons. The van der Waals surface area contributed by atoms with Crippen molar-refractivity contribution in [3.63, 3.8) is 0 Å². The molecule has 140 valence electrons. The van der Waals surface area contributed by atoms with E-state index in [4.69, 9.17) is 9.84 Å². The van der Waals surface area contributed by atoms with Gasteiger partial charge in [0.15, 0.2) is 0 Å². The lowest BCUT2D eigenvalue weighted by Gasteiger charge is -2.38. The van der Waals surface area contributed by atoms with Gasteiger partial charge in [-0.1, -0.05) is 62.2 Å². The number of hydrogen-bond acceptors (Lipinski definition) is 4. The number of hydrogen-bond donors (Lipinski definition) is 1. The van der Waals surface area contributed by atoms with Crippen LogP contribution >= 0.6 is 31.9 Å². The second-order valence-corrected chi connectivity index (χ2v) is 8.70. The van der Waals surface area contributed by atoms with E-state index in [-0.39, 0.29) is 11.8 Å². The van der Waals surface area contributed by atoms with Crippen LogP contribution < -0.4 is 4.74 Å². The highest BCUT2D eigenvalue weighted by atomic mass is 79.9. The van der Waals surface area contributed by atoms with E-state index in [0.717, 1.165) is 38.0 Å². The van der Waals surface area contributed by atoms with Gasteiger partial charge in [-0.05, 0) is 42.0 Å². The lowest BCUT2D eigenvalue weighted by molar-refractivity contribution is -0.0204. The molecule has 2 aliphatic rings. The molecule has 0 aromatic heterocycles. The molecule has 0 spiro atoms. The van der Waals surface area contributed by atoms with Crippen molar-refractivity contribution < 1.29 is 9.84 Å². The van der Waals surface area contributed by atoms with Crippen LogP contribution in [0, 0.1) is 0 Å². The van der Waals surface area contributed by atoms with Crippen LogP contribution in [0.4, 0.5) is 0 Å². The number of hydrazone groups is 1. The fourth-order valence-electron chi connectivity index (χ4n) is 3.79. The van der Waals surface area contributed by atoms with Gasteiger partial charge in [0.25, 0.3) is 0 Å². The van der Waals surface area contributed by atoms with Gasteiger partial charge in [-0.3, -0.25) is 0 Å². The van der Waals surface area contributed by atoms with Gasteiger partial charge in [0.1, 0.15) is 11.5 Å². The van der Waals surface area contributed by atoms with Gasteiger partial charge in [0, 0.05) is 20.9 Å². The van der Waals surface area contributed by atoms with Crippen LogP contribution in [0.15, 0.2) is 80.8 Å². The normalized spacial score (nSPS) is 20.2. The number of fused-ring (bicyclic) bond motifs is 3. The van der Waals surface area contributed by atoms with E-state index in [1.807, 2.05) is 47.5 Å². The lowest BCUT2D eigenvalue weighted by atomic mass is 9.96. The molecule has 2 heterocycles. The van der Waals surface area contributed by atoms with Crippen LogP contribution in [-0.2, 0) is 0 Å². The maximum Gasteiger partial charge on any atom is 0.217 e. The average molecular weight is 500 g/mol. The van der Waals surface area contributed by atoms with Gasteiger partial charge in [0.2, 0.25) is 6.23 Å². The summed E-state index contributed by atoms with van der Waals surface area (Å²) in [5, 5.41) is 17.4. The van der Waals surface area contributed by atoms with Gasteiger partial charge >= 0.3 is 0 Å². The summed E-state index contributed by atoms with van der Waals surface area (Å²) >= 11 is 7.07. The highest BCUT2D eigenvalue weighted by molar-refractivity contribution is 9.10. The number of rotatable bonds is 2. The van der Waals surface area contributed by atoms with E-state index in [2.05, 4.69) is 50.1 Å². The molecule has 0 bridgehead atoms. The third kappa shape index (κ3) is 3.01. The molecule has 0 saturated carbocycles. The van der Waals surface area contributed by atoms with Crippen LogP contribution in [0.3, 0.4) is 0 Å². The Labute approximate surface area is 179 Å². The van der Waals surface area contributed by atoms with Crippen molar-refractivity contribution in [3.05, 3.63) is 92.4 Å². The Kier molecular flexibility index (Phi) is 4.40. The molecule has 3 aromatic carbocycles. The van der Waals surface area contributed by atoms with Crippen molar-refractivity contribution >= 4 is 37.6 Å². The summed E-state index contributed by atoms with van der Waals surface area (Å²) in [6.45, 7) is 0. The Morgan fingerprint density at radius 3 is 2.43 bits per heavy atom. The molecule has 2 atom stereocenters. The third-order valence-electron chi connectivity index (χ3n) is 5.11. The quantitative estimate of drug-likeness (QED) is 0.459. The van der Waals surface area contributed by atoms with E-state index in [1.165, 1.54) is 0 Å². The Morgan fingerprint density at radius 2 is 1.64 bits per heavy atom. The summed E-state index contributed by atoms with van der Waals surface area (Å²) < 4.78 is 8.21. The maximum atomic E-state index is 10.5. The number of ether oxygens (including phenoxy) is 1. The predicted octanol–water partition coefficient (Wildman–Crippen LogP) is 6.16. The molecular weight excluding hydrogens is 484 g/mol. The first-order valence-electron chi connectivity index (χ1n) is 8.96. The molecule has 5 rings (SSSR count). The molecule has 0 saturated heterocycles. The molecule has 3 aromatic rings. The Balaban J connectivity index is 1.64. The first-order chi connectivity index (χ1) is 13.6. The van der Waals surface area contributed by atoms with Crippen molar-refractivity contribution in [1.29, 1.82) is 0 Å². The number of halogens is 2. The first kappa shape index (κ1) is 17.8. The Bertz CT molecular complexity index is 1090. The lowest BCUT2D eigenvalue weighted by Crippen LogP contribution is -2.33. The minimum atomic E-state index is -0.502. The first-order valence-corrected chi connectivity index (χ1v) is 10.5. The number of phenolic OH excluding ortho intramolecular Hbond substituents is 1. The van der Waals surface area contributed by atoms with E-state index < -0.39 is 6.23 Å².